The van der Waals surface area contributed by atoms with E-state index >= 15 is 0 Å². The van der Waals surface area contributed by atoms with Crippen molar-refractivity contribution in [3.63, 3.8) is 0 Å². The lowest BCUT2D eigenvalue weighted by atomic mass is 10.1. The molecule has 1 unspecified atom stereocenters. The van der Waals surface area contributed by atoms with Crippen molar-refractivity contribution in [3.8, 4) is 0 Å². The number of aromatic nitrogens is 1. The zero-order chi connectivity index (χ0) is 23.9. The standard InChI is InChI=1S/C27H25F2N3O2/c1-19(21-10-6-3-7-11-21)30-27(33)25-18-34-26(31-25)17-32(15-20-8-4-2-5-9-20)16-22-12-13-23(28)14-24(22)29/h2-14,18-19H,15-17H2,1H3,(H,30,33). The summed E-state index contributed by atoms with van der Waals surface area (Å²) in [7, 11) is 0. The number of oxazole rings is 1. The third-order valence-electron chi connectivity index (χ3n) is 5.45. The van der Waals surface area contributed by atoms with E-state index in [2.05, 4.69) is 10.3 Å². The lowest BCUT2D eigenvalue weighted by Gasteiger charge is -2.21. The fourth-order valence-corrected chi connectivity index (χ4v) is 3.67. The molecule has 1 atom stereocenters. The van der Waals surface area contributed by atoms with Crippen LogP contribution in [0.1, 0.15) is 46.0 Å². The second kappa shape index (κ2) is 10.9. The summed E-state index contributed by atoms with van der Waals surface area (Å²) in [5, 5.41) is 2.91. The van der Waals surface area contributed by atoms with Crippen LogP contribution < -0.4 is 5.32 Å². The Balaban J connectivity index is 1.47. The van der Waals surface area contributed by atoms with Crippen LogP contribution in [0.2, 0.25) is 0 Å². The van der Waals surface area contributed by atoms with Crippen LogP contribution in [-0.2, 0) is 19.6 Å². The largest absolute Gasteiger partial charge is 0.447 e. The molecule has 1 heterocycles. The number of carbonyl (C=O) groups is 1. The van der Waals surface area contributed by atoms with E-state index in [9.17, 15) is 13.6 Å². The Morgan fingerprint density at radius 3 is 2.38 bits per heavy atom. The first kappa shape index (κ1) is 23.3. The molecule has 4 rings (SSSR count). The van der Waals surface area contributed by atoms with Gasteiger partial charge in [-0.15, -0.1) is 0 Å². The minimum atomic E-state index is -0.621. The summed E-state index contributed by atoms with van der Waals surface area (Å²) in [6, 6.07) is 22.7. The lowest BCUT2D eigenvalue weighted by molar-refractivity contribution is 0.0934. The number of halogens is 2. The maximum absolute atomic E-state index is 14.3. The van der Waals surface area contributed by atoms with Crippen LogP contribution in [0.4, 0.5) is 8.78 Å². The highest BCUT2D eigenvalue weighted by Crippen LogP contribution is 2.18. The summed E-state index contributed by atoms with van der Waals surface area (Å²) in [6.45, 7) is 2.85. The quantitative estimate of drug-likeness (QED) is 0.350. The highest BCUT2D eigenvalue weighted by Gasteiger charge is 2.18. The number of hydrogen-bond acceptors (Lipinski definition) is 4. The van der Waals surface area contributed by atoms with Gasteiger partial charge in [0.15, 0.2) is 5.69 Å². The molecule has 0 bridgehead atoms. The molecule has 0 aliphatic heterocycles. The summed E-state index contributed by atoms with van der Waals surface area (Å²) < 4.78 is 33.2. The molecular weight excluding hydrogens is 436 g/mol. The Morgan fingerprint density at radius 1 is 0.971 bits per heavy atom. The Morgan fingerprint density at radius 2 is 1.68 bits per heavy atom. The average Bonchev–Trinajstić information content (AvgIpc) is 3.31. The summed E-state index contributed by atoms with van der Waals surface area (Å²) in [5.41, 5.74) is 2.53. The zero-order valence-electron chi connectivity index (χ0n) is 18.7. The van der Waals surface area contributed by atoms with Crippen molar-refractivity contribution in [2.24, 2.45) is 0 Å². The van der Waals surface area contributed by atoms with Crippen molar-refractivity contribution in [3.05, 3.63) is 125 Å². The molecule has 34 heavy (non-hydrogen) atoms. The van der Waals surface area contributed by atoms with Crippen LogP contribution in [0.3, 0.4) is 0 Å². The maximum Gasteiger partial charge on any atom is 0.273 e. The van der Waals surface area contributed by atoms with Crippen molar-refractivity contribution in [2.75, 3.05) is 0 Å². The predicted octanol–water partition coefficient (Wildman–Crippen LogP) is 5.65. The SMILES string of the molecule is CC(NC(=O)c1coc(CN(Cc2ccccc2)Cc2ccc(F)cc2F)n1)c1ccccc1. The molecule has 0 radical (unpaired) electrons. The summed E-state index contributed by atoms with van der Waals surface area (Å²) >= 11 is 0. The molecule has 0 saturated heterocycles. The van der Waals surface area contributed by atoms with E-state index in [0.717, 1.165) is 17.2 Å². The van der Waals surface area contributed by atoms with Gasteiger partial charge in [0.1, 0.15) is 17.9 Å². The van der Waals surface area contributed by atoms with Gasteiger partial charge in [-0.25, -0.2) is 13.8 Å². The van der Waals surface area contributed by atoms with Gasteiger partial charge in [-0.2, -0.15) is 0 Å². The van der Waals surface area contributed by atoms with Gasteiger partial charge in [0.2, 0.25) is 5.89 Å². The van der Waals surface area contributed by atoms with E-state index in [4.69, 9.17) is 4.42 Å². The number of rotatable bonds is 9. The Kier molecular flexibility index (Phi) is 7.44. The van der Waals surface area contributed by atoms with Crippen molar-refractivity contribution in [1.29, 1.82) is 0 Å². The molecule has 0 saturated carbocycles. The van der Waals surface area contributed by atoms with Gasteiger partial charge in [-0.05, 0) is 24.1 Å². The fraction of sp³-hybridized carbons (Fsp3) is 0.185. The van der Waals surface area contributed by atoms with E-state index in [1.165, 1.54) is 18.4 Å². The van der Waals surface area contributed by atoms with Gasteiger partial charge in [-0.1, -0.05) is 66.7 Å². The Bertz CT molecular complexity index is 1230. The smallest absolute Gasteiger partial charge is 0.273 e. The number of hydrogen-bond donors (Lipinski definition) is 1. The summed E-state index contributed by atoms with van der Waals surface area (Å²) in [5.74, 6) is -1.24. The number of benzene rings is 3. The van der Waals surface area contributed by atoms with Gasteiger partial charge in [0, 0.05) is 24.7 Å². The molecule has 1 aromatic heterocycles. The van der Waals surface area contributed by atoms with E-state index < -0.39 is 11.6 Å². The molecule has 0 fully saturated rings. The van der Waals surface area contributed by atoms with Crippen molar-refractivity contribution >= 4 is 5.91 Å². The monoisotopic (exact) mass is 461 g/mol. The molecule has 174 valence electrons. The first-order valence-corrected chi connectivity index (χ1v) is 11.0. The molecule has 5 nitrogen and oxygen atoms in total. The number of carbonyl (C=O) groups excluding carboxylic acids is 1. The van der Waals surface area contributed by atoms with Gasteiger partial charge < -0.3 is 9.73 Å². The molecule has 1 N–H and O–H groups in total. The van der Waals surface area contributed by atoms with Crippen molar-refractivity contribution in [1.82, 2.24) is 15.2 Å². The highest BCUT2D eigenvalue weighted by atomic mass is 19.1. The van der Waals surface area contributed by atoms with E-state index in [-0.39, 0.29) is 30.7 Å². The van der Waals surface area contributed by atoms with Crippen molar-refractivity contribution in [2.45, 2.75) is 32.6 Å². The van der Waals surface area contributed by atoms with Crippen LogP contribution in [-0.4, -0.2) is 15.8 Å². The molecular formula is C27H25F2N3O2. The minimum Gasteiger partial charge on any atom is -0.447 e. The topological polar surface area (TPSA) is 58.4 Å². The molecule has 4 aromatic rings. The normalized spacial score (nSPS) is 12.0. The average molecular weight is 462 g/mol. The van der Waals surface area contributed by atoms with Gasteiger partial charge >= 0.3 is 0 Å². The molecule has 7 heteroatoms. The fourth-order valence-electron chi connectivity index (χ4n) is 3.67. The van der Waals surface area contributed by atoms with Crippen LogP contribution >= 0.6 is 0 Å². The number of amides is 1. The first-order chi connectivity index (χ1) is 16.5. The first-order valence-electron chi connectivity index (χ1n) is 11.0. The van der Waals surface area contributed by atoms with Gasteiger partial charge in [0.25, 0.3) is 5.91 Å². The number of nitrogens with one attached hydrogen (secondary N) is 1. The second-order valence-corrected chi connectivity index (χ2v) is 8.10. The minimum absolute atomic E-state index is 0.172. The summed E-state index contributed by atoms with van der Waals surface area (Å²) in [4.78, 5) is 18.9. The van der Waals surface area contributed by atoms with Crippen LogP contribution in [0.25, 0.3) is 0 Å². The molecule has 3 aromatic carbocycles. The lowest BCUT2D eigenvalue weighted by Crippen LogP contribution is -2.27. The molecule has 0 spiro atoms. The Hall–Kier alpha value is -3.84. The molecule has 1 amide bonds. The zero-order valence-corrected chi connectivity index (χ0v) is 18.7. The van der Waals surface area contributed by atoms with Crippen molar-refractivity contribution < 1.29 is 18.0 Å². The van der Waals surface area contributed by atoms with Crippen LogP contribution in [0.15, 0.2) is 89.5 Å². The predicted molar refractivity (Wildman–Crippen MR) is 125 cm³/mol. The third kappa shape index (κ3) is 6.14. The van der Waals surface area contributed by atoms with Gasteiger partial charge in [0.05, 0.1) is 12.6 Å². The third-order valence-corrected chi connectivity index (χ3v) is 5.45. The van der Waals surface area contributed by atoms with E-state index in [1.54, 1.807) is 0 Å². The van der Waals surface area contributed by atoms with Crippen LogP contribution in [0.5, 0.6) is 0 Å². The van der Waals surface area contributed by atoms with E-state index in [1.807, 2.05) is 72.5 Å². The number of nitrogens with zero attached hydrogens (tertiary/aromatic N) is 2. The Labute approximate surface area is 197 Å². The van der Waals surface area contributed by atoms with Crippen LogP contribution in [0, 0.1) is 11.6 Å². The second-order valence-electron chi connectivity index (χ2n) is 8.10. The summed E-state index contributed by atoms with van der Waals surface area (Å²) in [6.07, 6.45) is 1.32. The highest BCUT2D eigenvalue weighted by molar-refractivity contribution is 5.92. The molecule has 0 aliphatic carbocycles. The molecule has 0 aliphatic rings. The van der Waals surface area contributed by atoms with Gasteiger partial charge in [-0.3, -0.25) is 9.69 Å². The van der Waals surface area contributed by atoms with E-state index in [0.29, 0.717) is 18.0 Å². The maximum atomic E-state index is 14.3.